The van der Waals surface area contributed by atoms with E-state index in [1.165, 1.54) is 49.7 Å². The number of nitrogens with one attached hydrogen (secondary N) is 1. The van der Waals surface area contributed by atoms with E-state index in [1.807, 2.05) is 0 Å². The number of rotatable bonds is 8. The van der Waals surface area contributed by atoms with Gasteiger partial charge in [-0.25, -0.2) is 0 Å². The number of hydrogen-bond acceptors (Lipinski definition) is 2. The smallest absolute Gasteiger partial charge is 0.0721 e. The molecule has 1 aliphatic heterocycles. The highest BCUT2D eigenvalue weighted by Gasteiger charge is 2.19. The molecule has 19 heavy (non-hydrogen) atoms. The van der Waals surface area contributed by atoms with Crippen molar-refractivity contribution in [3.05, 3.63) is 35.4 Å². The number of unbranched alkanes of at least 4 members (excludes halogenated alkanes) is 5. The van der Waals surface area contributed by atoms with E-state index in [4.69, 9.17) is 4.74 Å². The van der Waals surface area contributed by atoms with Crippen LogP contribution < -0.4 is 5.32 Å². The third kappa shape index (κ3) is 4.63. The first-order chi connectivity index (χ1) is 9.42. The average Bonchev–Trinajstić information content (AvgIpc) is 2.46. The summed E-state index contributed by atoms with van der Waals surface area (Å²) in [6.45, 7) is 4.95. The van der Waals surface area contributed by atoms with E-state index < -0.39 is 0 Å². The zero-order valence-corrected chi connectivity index (χ0v) is 12.2. The molecular formula is C17H27NO. The fourth-order valence-electron chi connectivity index (χ4n) is 2.73. The SMILES string of the molecule is CCCCCCCCNC1COCc2ccccc21. The van der Waals surface area contributed by atoms with E-state index in [2.05, 4.69) is 36.5 Å². The summed E-state index contributed by atoms with van der Waals surface area (Å²) in [5.74, 6) is 0. The van der Waals surface area contributed by atoms with Crippen LogP contribution in [0.5, 0.6) is 0 Å². The summed E-state index contributed by atoms with van der Waals surface area (Å²) in [6.07, 6.45) is 8.12. The molecule has 2 rings (SSSR count). The zero-order valence-electron chi connectivity index (χ0n) is 12.2. The molecule has 1 N–H and O–H groups in total. The second-order valence-electron chi connectivity index (χ2n) is 5.49. The maximum absolute atomic E-state index is 5.66. The molecule has 0 saturated heterocycles. The number of benzene rings is 1. The largest absolute Gasteiger partial charge is 0.375 e. The fraction of sp³-hybridized carbons (Fsp3) is 0.647. The van der Waals surface area contributed by atoms with Gasteiger partial charge in [0.05, 0.1) is 19.3 Å². The lowest BCUT2D eigenvalue weighted by Gasteiger charge is -2.26. The molecule has 0 fully saturated rings. The Hall–Kier alpha value is -0.860. The second kappa shape index (κ2) is 8.34. The van der Waals surface area contributed by atoms with Gasteiger partial charge in [-0.2, -0.15) is 0 Å². The molecule has 0 amide bonds. The van der Waals surface area contributed by atoms with Crippen molar-refractivity contribution in [3.63, 3.8) is 0 Å². The predicted octanol–water partition coefficient (Wildman–Crippen LogP) is 4.21. The van der Waals surface area contributed by atoms with Crippen molar-refractivity contribution in [1.29, 1.82) is 0 Å². The van der Waals surface area contributed by atoms with Crippen LogP contribution in [0.2, 0.25) is 0 Å². The average molecular weight is 261 g/mol. The van der Waals surface area contributed by atoms with Gasteiger partial charge < -0.3 is 10.1 Å². The Labute approximate surface area is 117 Å². The van der Waals surface area contributed by atoms with E-state index >= 15 is 0 Å². The highest BCUT2D eigenvalue weighted by atomic mass is 16.5. The van der Waals surface area contributed by atoms with Gasteiger partial charge in [0.25, 0.3) is 0 Å². The summed E-state index contributed by atoms with van der Waals surface area (Å²) in [7, 11) is 0. The molecule has 2 heteroatoms. The Morgan fingerprint density at radius 1 is 1.11 bits per heavy atom. The summed E-state index contributed by atoms with van der Waals surface area (Å²) >= 11 is 0. The van der Waals surface area contributed by atoms with Crippen molar-refractivity contribution in [1.82, 2.24) is 5.32 Å². The molecule has 106 valence electrons. The monoisotopic (exact) mass is 261 g/mol. The maximum Gasteiger partial charge on any atom is 0.0721 e. The quantitative estimate of drug-likeness (QED) is 0.708. The van der Waals surface area contributed by atoms with Gasteiger partial charge in [-0.05, 0) is 24.1 Å². The van der Waals surface area contributed by atoms with Gasteiger partial charge in [-0.3, -0.25) is 0 Å². The lowest BCUT2D eigenvalue weighted by atomic mass is 9.99. The van der Waals surface area contributed by atoms with Crippen LogP contribution in [0, 0.1) is 0 Å². The molecule has 1 atom stereocenters. The summed E-state index contributed by atoms with van der Waals surface area (Å²) < 4.78 is 5.66. The molecule has 1 aliphatic rings. The van der Waals surface area contributed by atoms with Crippen LogP contribution >= 0.6 is 0 Å². The lowest BCUT2D eigenvalue weighted by molar-refractivity contribution is 0.0821. The standard InChI is InChI=1S/C17H27NO/c1-2-3-4-5-6-9-12-18-17-14-19-13-15-10-7-8-11-16(15)17/h7-8,10-11,17-18H,2-6,9,12-14H2,1H3. The summed E-state index contributed by atoms with van der Waals surface area (Å²) in [5.41, 5.74) is 2.77. The molecule has 2 nitrogen and oxygen atoms in total. The number of fused-ring (bicyclic) bond motifs is 1. The Morgan fingerprint density at radius 2 is 1.89 bits per heavy atom. The van der Waals surface area contributed by atoms with E-state index in [9.17, 15) is 0 Å². The molecule has 1 unspecified atom stereocenters. The first kappa shape index (κ1) is 14.5. The van der Waals surface area contributed by atoms with Gasteiger partial charge in [-0.15, -0.1) is 0 Å². The molecule has 0 bridgehead atoms. The van der Waals surface area contributed by atoms with Crippen LogP contribution in [0.15, 0.2) is 24.3 Å². The topological polar surface area (TPSA) is 21.3 Å². The Kier molecular flexibility index (Phi) is 6.38. The summed E-state index contributed by atoms with van der Waals surface area (Å²) in [5, 5.41) is 3.64. The minimum atomic E-state index is 0.389. The highest BCUT2D eigenvalue weighted by molar-refractivity contribution is 5.30. The van der Waals surface area contributed by atoms with Crippen molar-refractivity contribution in [3.8, 4) is 0 Å². The van der Waals surface area contributed by atoms with Gasteiger partial charge in [0.2, 0.25) is 0 Å². The maximum atomic E-state index is 5.66. The lowest BCUT2D eigenvalue weighted by Crippen LogP contribution is -2.30. The van der Waals surface area contributed by atoms with E-state index in [1.54, 1.807) is 0 Å². The normalized spacial score (nSPS) is 18.3. The number of hydrogen-bond donors (Lipinski definition) is 1. The molecule has 1 aromatic rings. The predicted molar refractivity (Wildman–Crippen MR) is 80.2 cm³/mol. The molecule has 0 aromatic heterocycles. The fourth-order valence-corrected chi connectivity index (χ4v) is 2.73. The molecule has 0 saturated carbocycles. The Balaban J connectivity index is 1.67. The molecular weight excluding hydrogens is 234 g/mol. The van der Waals surface area contributed by atoms with Crippen LogP contribution in [0.25, 0.3) is 0 Å². The first-order valence-electron chi connectivity index (χ1n) is 7.80. The highest BCUT2D eigenvalue weighted by Crippen LogP contribution is 2.24. The third-order valence-corrected chi connectivity index (χ3v) is 3.89. The summed E-state index contributed by atoms with van der Waals surface area (Å²) in [6, 6.07) is 9.02. The van der Waals surface area contributed by atoms with Crippen LogP contribution in [0.4, 0.5) is 0 Å². The summed E-state index contributed by atoms with van der Waals surface area (Å²) in [4.78, 5) is 0. The van der Waals surface area contributed by atoms with Crippen molar-refractivity contribution >= 4 is 0 Å². The molecule has 0 spiro atoms. The molecule has 1 heterocycles. The van der Waals surface area contributed by atoms with Gasteiger partial charge in [-0.1, -0.05) is 63.3 Å². The van der Waals surface area contributed by atoms with E-state index in [0.717, 1.165) is 19.8 Å². The van der Waals surface area contributed by atoms with Crippen LogP contribution in [-0.2, 0) is 11.3 Å². The van der Waals surface area contributed by atoms with Crippen molar-refractivity contribution in [2.45, 2.75) is 58.1 Å². The molecule has 1 aromatic carbocycles. The van der Waals surface area contributed by atoms with Gasteiger partial charge in [0.15, 0.2) is 0 Å². The van der Waals surface area contributed by atoms with Crippen LogP contribution in [0.1, 0.15) is 62.6 Å². The molecule has 0 aliphatic carbocycles. The molecule has 0 radical (unpaired) electrons. The zero-order chi connectivity index (χ0) is 13.3. The van der Waals surface area contributed by atoms with Gasteiger partial charge >= 0.3 is 0 Å². The minimum Gasteiger partial charge on any atom is -0.375 e. The van der Waals surface area contributed by atoms with Crippen LogP contribution in [0.3, 0.4) is 0 Å². The van der Waals surface area contributed by atoms with Crippen molar-refractivity contribution in [2.24, 2.45) is 0 Å². The number of ether oxygens (including phenoxy) is 1. The van der Waals surface area contributed by atoms with Crippen LogP contribution in [-0.4, -0.2) is 13.2 Å². The Bertz CT molecular complexity index is 364. The second-order valence-corrected chi connectivity index (χ2v) is 5.49. The van der Waals surface area contributed by atoms with Gasteiger partial charge in [0.1, 0.15) is 0 Å². The van der Waals surface area contributed by atoms with E-state index in [-0.39, 0.29) is 0 Å². The Morgan fingerprint density at radius 3 is 2.79 bits per heavy atom. The third-order valence-electron chi connectivity index (χ3n) is 3.89. The first-order valence-corrected chi connectivity index (χ1v) is 7.80. The van der Waals surface area contributed by atoms with Gasteiger partial charge in [0, 0.05) is 0 Å². The minimum absolute atomic E-state index is 0.389. The van der Waals surface area contributed by atoms with Crippen molar-refractivity contribution in [2.75, 3.05) is 13.2 Å². The van der Waals surface area contributed by atoms with E-state index in [0.29, 0.717) is 6.04 Å². The van der Waals surface area contributed by atoms with Crippen molar-refractivity contribution < 1.29 is 4.74 Å².